The molecule has 2 saturated heterocycles. The highest BCUT2D eigenvalue weighted by Gasteiger charge is 2.54. The second-order valence-electron chi connectivity index (χ2n) is 7.09. The Kier molecular flexibility index (Phi) is 3.76. The van der Waals surface area contributed by atoms with Crippen LogP contribution in [0.3, 0.4) is 0 Å². The van der Waals surface area contributed by atoms with E-state index in [0.29, 0.717) is 44.6 Å². The lowest BCUT2D eigenvalue weighted by molar-refractivity contribution is -0.157. The van der Waals surface area contributed by atoms with E-state index in [1.807, 2.05) is 6.07 Å². The third-order valence-corrected chi connectivity index (χ3v) is 5.67. The molecule has 2 fully saturated rings. The number of carbonyl (C=O) groups is 3. The molecule has 3 heterocycles. The summed E-state index contributed by atoms with van der Waals surface area (Å²) in [5, 5.41) is 12.5. The van der Waals surface area contributed by atoms with E-state index in [4.69, 9.17) is 4.74 Å². The van der Waals surface area contributed by atoms with E-state index < -0.39 is 11.4 Å². The Morgan fingerprint density at radius 2 is 2.16 bits per heavy atom. The fourth-order valence-electron chi connectivity index (χ4n) is 4.15. The Morgan fingerprint density at radius 3 is 2.92 bits per heavy atom. The predicted octanol–water partition coefficient (Wildman–Crippen LogP) is 1.13. The average molecular weight is 344 g/mol. The predicted molar refractivity (Wildman–Crippen MR) is 88.3 cm³/mol. The number of hydrogen-bond donors (Lipinski definition) is 2. The number of carboxylic acids is 1. The Balaban J connectivity index is 1.58. The lowest BCUT2D eigenvalue weighted by Crippen LogP contribution is -2.45. The maximum absolute atomic E-state index is 12.9. The van der Waals surface area contributed by atoms with Gasteiger partial charge in [-0.05, 0) is 36.6 Å². The van der Waals surface area contributed by atoms with Crippen LogP contribution in [0.2, 0.25) is 0 Å². The van der Waals surface area contributed by atoms with Crippen molar-refractivity contribution < 1.29 is 24.2 Å². The summed E-state index contributed by atoms with van der Waals surface area (Å²) in [5.74, 6) is -1.18. The van der Waals surface area contributed by atoms with Crippen molar-refractivity contribution in [3.63, 3.8) is 0 Å². The van der Waals surface area contributed by atoms with Gasteiger partial charge in [0.25, 0.3) is 5.91 Å². The number of rotatable bonds is 2. The van der Waals surface area contributed by atoms with Crippen molar-refractivity contribution in [2.45, 2.75) is 19.3 Å². The highest BCUT2D eigenvalue weighted by molar-refractivity contribution is 5.98. The molecular formula is C18H20N2O5. The van der Waals surface area contributed by atoms with Crippen molar-refractivity contribution in [3.05, 3.63) is 29.3 Å². The highest BCUT2D eigenvalue weighted by atomic mass is 16.5. The largest absolute Gasteiger partial charge is 0.481 e. The van der Waals surface area contributed by atoms with Gasteiger partial charge in [-0.3, -0.25) is 14.4 Å². The number of hydrogen-bond acceptors (Lipinski definition) is 4. The summed E-state index contributed by atoms with van der Waals surface area (Å²) >= 11 is 0. The van der Waals surface area contributed by atoms with E-state index in [1.165, 1.54) is 0 Å². The zero-order valence-corrected chi connectivity index (χ0v) is 13.8. The average Bonchev–Trinajstić information content (AvgIpc) is 3.01. The standard InChI is InChI=1S/C18H20N2O5/c21-15-4-2-11-7-12(1-3-14(11)19-15)16(22)20-8-13-9-25-6-5-18(13,10-20)17(23)24/h1,3,7,13H,2,4-6,8-10H2,(H,19,21)(H,23,24)/t13-,18+/m0/s1. The van der Waals surface area contributed by atoms with Crippen molar-refractivity contribution >= 4 is 23.5 Å². The summed E-state index contributed by atoms with van der Waals surface area (Å²) in [4.78, 5) is 37.8. The number of amides is 2. The molecule has 0 aliphatic carbocycles. The molecule has 0 spiro atoms. The van der Waals surface area contributed by atoms with Gasteiger partial charge >= 0.3 is 5.97 Å². The van der Waals surface area contributed by atoms with Crippen LogP contribution in [0.4, 0.5) is 5.69 Å². The molecule has 25 heavy (non-hydrogen) atoms. The summed E-state index contributed by atoms with van der Waals surface area (Å²) < 4.78 is 5.44. The molecule has 0 bridgehead atoms. The van der Waals surface area contributed by atoms with Crippen LogP contribution in [0.15, 0.2) is 18.2 Å². The number of carboxylic acid groups (broad SMARTS) is 1. The molecule has 3 aliphatic heterocycles. The summed E-state index contributed by atoms with van der Waals surface area (Å²) in [6, 6.07) is 5.25. The number of nitrogens with zero attached hydrogens (tertiary/aromatic N) is 1. The number of fused-ring (bicyclic) bond motifs is 2. The minimum atomic E-state index is -0.893. The lowest BCUT2D eigenvalue weighted by Gasteiger charge is -2.33. The Hall–Kier alpha value is -2.41. The summed E-state index contributed by atoms with van der Waals surface area (Å²) in [5.41, 5.74) is 1.34. The van der Waals surface area contributed by atoms with Gasteiger partial charge in [-0.1, -0.05) is 0 Å². The molecule has 0 radical (unpaired) electrons. The molecular weight excluding hydrogens is 324 g/mol. The van der Waals surface area contributed by atoms with Crippen LogP contribution >= 0.6 is 0 Å². The van der Waals surface area contributed by atoms with Gasteiger partial charge in [-0.15, -0.1) is 0 Å². The molecule has 1 aromatic carbocycles. The number of ether oxygens (including phenoxy) is 1. The molecule has 2 amide bonds. The number of carbonyl (C=O) groups excluding carboxylic acids is 2. The topological polar surface area (TPSA) is 95.9 Å². The van der Waals surface area contributed by atoms with Crippen molar-refractivity contribution in [2.24, 2.45) is 11.3 Å². The van der Waals surface area contributed by atoms with Gasteiger partial charge in [0.1, 0.15) is 0 Å². The minimum absolute atomic E-state index is 0.0152. The number of nitrogens with one attached hydrogen (secondary N) is 1. The third kappa shape index (κ3) is 2.59. The van der Waals surface area contributed by atoms with Crippen LogP contribution in [0, 0.1) is 11.3 Å². The summed E-state index contributed by atoms with van der Waals surface area (Å²) in [7, 11) is 0. The van der Waals surface area contributed by atoms with Crippen LogP contribution in [0.1, 0.15) is 28.8 Å². The van der Waals surface area contributed by atoms with E-state index in [2.05, 4.69) is 5.32 Å². The molecule has 2 atom stereocenters. The Morgan fingerprint density at radius 1 is 1.32 bits per heavy atom. The quantitative estimate of drug-likeness (QED) is 0.839. The third-order valence-electron chi connectivity index (χ3n) is 5.67. The van der Waals surface area contributed by atoms with Crippen LogP contribution in [-0.2, 0) is 20.7 Å². The van der Waals surface area contributed by atoms with Crippen molar-refractivity contribution in [1.82, 2.24) is 4.90 Å². The van der Waals surface area contributed by atoms with Gasteiger partial charge < -0.3 is 20.1 Å². The number of benzene rings is 1. The Bertz CT molecular complexity index is 762. The zero-order chi connectivity index (χ0) is 17.6. The van der Waals surface area contributed by atoms with Gasteiger partial charge in [0.15, 0.2) is 0 Å². The number of aliphatic carboxylic acids is 1. The van der Waals surface area contributed by atoms with E-state index >= 15 is 0 Å². The summed E-state index contributed by atoms with van der Waals surface area (Å²) in [6.07, 6.45) is 1.46. The first-order valence-electron chi connectivity index (χ1n) is 8.53. The maximum Gasteiger partial charge on any atom is 0.311 e. The first-order chi connectivity index (χ1) is 12.0. The second-order valence-corrected chi connectivity index (χ2v) is 7.09. The fourth-order valence-corrected chi connectivity index (χ4v) is 4.15. The molecule has 2 N–H and O–H groups in total. The molecule has 7 nitrogen and oxygen atoms in total. The zero-order valence-electron chi connectivity index (χ0n) is 13.8. The molecule has 3 aliphatic rings. The molecule has 0 unspecified atom stereocenters. The second kappa shape index (κ2) is 5.84. The smallest absolute Gasteiger partial charge is 0.311 e. The van der Waals surface area contributed by atoms with Crippen molar-refractivity contribution in [3.8, 4) is 0 Å². The van der Waals surface area contributed by atoms with Gasteiger partial charge in [-0.2, -0.15) is 0 Å². The number of likely N-dealkylation sites (tertiary alicyclic amines) is 1. The van der Waals surface area contributed by atoms with Crippen molar-refractivity contribution in [2.75, 3.05) is 31.6 Å². The minimum Gasteiger partial charge on any atom is -0.481 e. The monoisotopic (exact) mass is 344 g/mol. The lowest BCUT2D eigenvalue weighted by atomic mass is 9.74. The fraction of sp³-hybridized carbons (Fsp3) is 0.500. The SMILES string of the molecule is O=C1CCc2cc(C(=O)N3C[C@H]4COCC[C@@]4(C(=O)O)C3)ccc2N1. The van der Waals surface area contributed by atoms with Gasteiger partial charge in [-0.25, -0.2) is 0 Å². The normalized spacial score (nSPS) is 28.1. The van der Waals surface area contributed by atoms with E-state index in [-0.39, 0.29) is 24.3 Å². The molecule has 132 valence electrons. The highest BCUT2D eigenvalue weighted by Crippen LogP contribution is 2.43. The number of aryl methyl sites for hydroxylation is 1. The molecule has 0 saturated carbocycles. The van der Waals surface area contributed by atoms with E-state index in [9.17, 15) is 19.5 Å². The van der Waals surface area contributed by atoms with Gasteiger partial charge in [0.05, 0.1) is 12.0 Å². The van der Waals surface area contributed by atoms with E-state index in [1.54, 1.807) is 17.0 Å². The van der Waals surface area contributed by atoms with Crippen molar-refractivity contribution in [1.29, 1.82) is 0 Å². The summed E-state index contributed by atoms with van der Waals surface area (Å²) in [6.45, 7) is 1.43. The maximum atomic E-state index is 12.9. The first-order valence-corrected chi connectivity index (χ1v) is 8.53. The van der Waals surface area contributed by atoms with Gasteiger partial charge in [0, 0.05) is 43.3 Å². The van der Waals surface area contributed by atoms with Gasteiger partial charge in [0.2, 0.25) is 5.91 Å². The molecule has 1 aromatic rings. The molecule has 7 heteroatoms. The van der Waals surface area contributed by atoms with Crippen LogP contribution in [-0.4, -0.2) is 54.1 Å². The van der Waals surface area contributed by atoms with Crippen LogP contribution in [0.5, 0.6) is 0 Å². The van der Waals surface area contributed by atoms with Crippen LogP contribution < -0.4 is 5.32 Å². The molecule has 0 aromatic heterocycles. The first kappa shape index (κ1) is 16.1. The van der Waals surface area contributed by atoms with Crippen LogP contribution in [0.25, 0.3) is 0 Å². The number of anilines is 1. The Labute approximate surface area is 144 Å². The molecule has 4 rings (SSSR count). The van der Waals surface area contributed by atoms with E-state index in [0.717, 1.165) is 11.3 Å².